The van der Waals surface area contributed by atoms with Crippen molar-refractivity contribution in [2.75, 3.05) is 18.2 Å². The Hall–Kier alpha value is -2.73. The molecule has 2 aromatic carbocycles. The maximum Gasteiger partial charge on any atom is 0.234 e. The quantitative estimate of drug-likeness (QED) is 0.675. The molecular weight excluding hydrogens is 360 g/mol. The smallest absolute Gasteiger partial charge is 0.234 e. The number of carbonyl (C=O) groups is 1. The number of hydrogen-bond donors (Lipinski definition) is 2. The van der Waals surface area contributed by atoms with Gasteiger partial charge in [-0.3, -0.25) is 9.59 Å². The molecule has 6 heteroatoms. The summed E-state index contributed by atoms with van der Waals surface area (Å²) in [6, 6.07) is 12.8. The van der Waals surface area contributed by atoms with Gasteiger partial charge in [0.2, 0.25) is 5.91 Å². The Balaban J connectivity index is 1.64. The molecule has 0 unspecified atom stereocenters. The number of H-pyrrole nitrogens is 1. The zero-order valence-electron chi connectivity index (χ0n) is 15.6. The highest BCUT2D eigenvalue weighted by atomic mass is 32.2. The van der Waals surface area contributed by atoms with Crippen LogP contribution in [0, 0.1) is 13.8 Å². The fourth-order valence-electron chi connectivity index (χ4n) is 2.95. The molecule has 1 amide bonds. The van der Waals surface area contributed by atoms with E-state index in [1.54, 1.807) is 19.2 Å². The standard InChI is InChI=1S/C21H22N2O3S/c1-13-7-8-14(2)21-20(13)18(24)10-16(23-21)11-27-12-19(25)22-15-5-4-6-17(9-15)26-3/h4-10H,11-12H2,1-3H3,(H,22,25)(H,23,24). The average Bonchev–Trinajstić information content (AvgIpc) is 2.64. The first kappa shape index (κ1) is 19.0. The molecule has 0 bridgehead atoms. The predicted molar refractivity (Wildman–Crippen MR) is 112 cm³/mol. The molecule has 3 aromatic rings. The molecule has 2 N–H and O–H groups in total. The predicted octanol–water partition coefficient (Wildman–Crippen LogP) is 4.03. The SMILES string of the molecule is COc1cccc(NC(=O)CSCc2cc(=O)c3c(C)ccc(C)c3[nH]2)c1. The number of hydrogen-bond acceptors (Lipinski definition) is 4. The van der Waals surface area contributed by atoms with Crippen LogP contribution in [0.3, 0.4) is 0 Å². The maximum absolute atomic E-state index is 12.5. The first-order valence-corrected chi connectivity index (χ1v) is 9.77. The Bertz CT molecular complexity index is 1040. The lowest BCUT2D eigenvalue weighted by atomic mass is 10.0. The van der Waals surface area contributed by atoms with E-state index in [1.807, 2.05) is 44.2 Å². The van der Waals surface area contributed by atoms with Gasteiger partial charge in [0, 0.05) is 34.7 Å². The Morgan fingerprint density at radius 3 is 2.70 bits per heavy atom. The van der Waals surface area contributed by atoms with Crippen LogP contribution in [0.2, 0.25) is 0 Å². The van der Waals surface area contributed by atoms with Crippen molar-refractivity contribution in [1.82, 2.24) is 4.98 Å². The number of carbonyl (C=O) groups excluding carboxylic acids is 1. The van der Waals surface area contributed by atoms with Crippen molar-refractivity contribution >= 4 is 34.3 Å². The molecule has 1 heterocycles. The van der Waals surface area contributed by atoms with Gasteiger partial charge < -0.3 is 15.0 Å². The van der Waals surface area contributed by atoms with Crippen LogP contribution in [0.1, 0.15) is 16.8 Å². The third-order valence-corrected chi connectivity index (χ3v) is 5.28. The third kappa shape index (κ3) is 4.52. The molecule has 3 rings (SSSR count). The van der Waals surface area contributed by atoms with Gasteiger partial charge in [-0.05, 0) is 37.1 Å². The molecule has 0 saturated carbocycles. The number of fused-ring (bicyclic) bond motifs is 1. The lowest BCUT2D eigenvalue weighted by Crippen LogP contribution is -2.14. The summed E-state index contributed by atoms with van der Waals surface area (Å²) in [4.78, 5) is 27.9. The number of anilines is 1. The van der Waals surface area contributed by atoms with Gasteiger partial charge in [-0.1, -0.05) is 18.2 Å². The summed E-state index contributed by atoms with van der Waals surface area (Å²) in [5.41, 5.74) is 4.41. The normalized spacial score (nSPS) is 10.8. The minimum absolute atomic E-state index is 0.0152. The highest BCUT2D eigenvalue weighted by Crippen LogP contribution is 2.20. The number of benzene rings is 2. The fraction of sp³-hybridized carbons (Fsp3) is 0.238. The zero-order valence-corrected chi connectivity index (χ0v) is 16.4. The fourth-order valence-corrected chi connectivity index (χ4v) is 3.68. The summed E-state index contributed by atoms with van der Waals surface area (Å²) < 4.78 is 5.15. The van der Waals surface area contributed by atoms with E-state index >= 15 is 0 Å². The summed E-state index contributed by atoms with van der Waals surface area (Å²) in [6.07, 6.45) is 0. The van der Waals surface area contributed by atoms with E-state index in [4.69, 9.17) is 4.74 Å². The number of ether oxygens (including phenoxy) is 1. The van der Waals surface area contributed by atoms with Gasteiger partial charge in [0.25, 0.3) is 0 Å². The molecule has 0 aliphatic carbocycles. The first-order chi connectivity index (χ1) is 13.0. The molecule has 0 fully saturated rings. The zero-order chi connectivity index (χ0) is 19.4. The maximum atomic E-state index is 12.5. The Labute approximate surface area is 162 Å². The molecule has 27 heavy (non-hydrogen) atoms. The topological polar surface area (TPSA) is 71.2 Å². The van der Waals surface area contributed by atoms with Crippen LogP contribution in [-0.4, -0.2) is 23.8 Å². The van der Waals surface area contributed by atoms with Crippen molar-refractivity contribution in [2.24, 2.45) is 0 Å². The first-order valence-electron chi connectivity index (χ1n) is 8.61. The molecule has 0 spiro atoms. The molecule has 1 aromatic heterocycles. The summed E-state index contributed by atoms with van der Waals surface area (Å²) in [7, 11) is 1.59. The summed E-state index contributed by atoms with van der Waals surface area (Å²) in [5, 5.41) is 3.58. The van der Waals surface area contributed by atoms with E-state index in [0.717, 1.165) is 27.7 Å². The monoisotopic (exact) mass is 382 g/mol. The molecule has 0 radical (unpaired) electrons. The number of aryl methyl sites for hydroxylation is 2. The highest BCUT2D eigenvalue weighted by Gasteiger charge is 2.09. The number of amides is 1. The summed E-state index contributed by atoms with van der Waals surface area (Å²) in [6.45, 7) is 3.92. The molecule has 5 nitrogen and oxygen atoms in total. The number of aromatic amines is 1. The lowest BCUT2D eigenvalue weighted by Gasteiger charge is -2.09. The molecule has 0 saturated heterocycles. The Morgan fingerprint density at radius 1 is 1.15 bits per heavy atom. The van der Waals surface area contributed by atoms with Crippen molar-refractivity contribution in [3.8, 4) is 5.75 Å². The van der Waals surface area contributed by atoms with E-state index in [1.165, 1.54) is 11.8 Å². The minimum Gasteiger partial charge on any atom is -0.497 e. The van der Waals surface area contributed by atoms with Crippen LogP contribution >= 0.6 is 11.8 Å². The van der Waals surface area contributed by atoms with Crippen molar-refractivity contribution in [1.29, 1.82) is 0 Å². The van der Waals surface area contributed by atoms with Gasteiger partial charge in [-0.25, -0.2) is 0 Å². The highest BCUT2D eigenvalue weighted by molar-refractivity contribution is 7.99. The van der Waals surface area contributed by atoms with Crippen LogP contribution in [0.4, 0.5) is 5.69 Å². The van der Waals surface area contributed by atoms with Crippen LogP contribution in [0.15, 0.2) is 47.3 Å². The van der Waals surface area contributed by atoms with E-state index < -0.39 is 0 Å². The molecule has 0 aliphatic heterocycles. The van der Waals surface area contributed by atoms with E-state index in [2.05, 4.69) is 10.3 Å². The Kier molecular flexibility index (Phi) is 5.86. The van der Waals surface area contributed by atoms with E-state index in [0.29, 0.717) is 22.9 Å². The van der Waals surface area contributed by atoms with Crippen LogP contribution < -0.4 is 15.5 Å². The molecular formula is C21H22N2O3S. The second kappa shape index (κ2) is 8.31. The lowest BCUT2D eigenvalue weighted by molar-refractivity contribution is -0.113. The van der Waals surface area contributed by atoms with Crippen molar-refractivity contribution in [2.45, 2.75) is 19.6 Å². The van der Waals surface area contributed by atoms with Crippen LogP contribution in [0.5, 0.6) is 5.75 Å². The largest absolute Gasteiger partial charge is 0.497 e. The molecule has 140 valence electrons. The number of nitrogens with one attached hydrogen (secondary N) is 2. The molecule has 0 aliphatic rings. The second-order valence-corrected chi connectivity index (χ2v) is 7.37. The number of methoxy groups -OCH3 is 1. The van der Waals surface area contributed by atoms with Gasteiger partial charge in [-0.15, -0.1) is 11.8 Å². The van der Waals surface area contributed by atoms with Gasteiger partial charge in [-0.2, -0.15) is 0 Å². The number of pyridine rings is 1. The van der Waals surface area contributed by atoms with Gasteiger partial charge >= 0.3 is 0 Å². The van der Waals surface area contributed by atoms with Crippen molar-refractivity contribution in [3.63, 3.8) is 0 Å². The Morgan fingerprint density at radius 2 is 1.93 bits per heavy atom. The van der Waals surface area contributed by atoms with Crippen molar-refractivity contribution < 1.29 is 9.53 Å². The van der Waals surface area contributed by atoms with Crippen LogP contribution in [-0.2, 0) is 10.5 Å². The average molecular weight is 382 g/mol. The van der Waals surface area contributed by atoms with Gasteiger partial charge in [0.05, 0.1) is 18.4 Å². The van der Waals surface area contributed by atoms with Crippen LogP contribution in [0.25, 0.3) is 10.9 Å². The minimum atomic E-state index is -0.0941. The van der Waals surface area contributed by atoms with Crippen molar-refractivity contribution in [3.05, 3.63) is 69.5 Å². The third-order valence-electron chi connectivity index (χ3n) is 4.30. The number of aromatic nitrogens is 1. The summed E-state index contributed by atoms with van der Waals surface area (Å²) >= 11 is 1.46. The van der Waals surface area contributed by atoms with Gasteiger partial charge in [0.1, 0.15) is 5.75 Å². The number of rotatable bonds is 6. The van der Waals surface area contributed by atoms with E-state index in [-0.39, 0.29) is 11.3 Å². The number of thioether (sulfide) groups is 1. The van der Waals surface area contributed by atoms with E-state index in [9.17, 15) is 9.59 Å². The molecule has 0 atom stereocenters. The second-order valence-electron chi connectivity index (χ2n) is 6.38. The van der Waals surface area contributed by atoms with Gasteiger partial charge in [0.15, 0.2) is 5.43 Å². The summed E-state index contributed by atoms with van der Waals surface area (Å²) in [5.74, 6) is 1.46.